The van der Waals surface area contributed by atoms with Crippen molar-refractivity contribution in [1.82, 2.24) is 38.2 Å². The molecule has 0 aromatic carbocycles. The lowest BCUT2D eigenvalue weighted by Gasteiger charge is -2.48. The van der Waals surface area contributed by atoms with Crippen molar-refractivity contribution in [2.24, 2.45) is 7.05 Å². The van der Waals surface area contributed by atoms with Gasteiger partial charge in [0, 0.05) is 56.6 Å². The van der Waals surface area contributed by atoms with E-state index < -0.39 is 46.7 Å². The van der Waals surface area contributed by atoms with Crippen molar-refractivity contribution in [1.29, 1.82) is 0 Å². The van der Waals surface area contributed by atoms with Gasteiger partial charge in [-0.2, -0.15) is 36.5 Å². The third kappa shape index (κ3) is 3.95. The van der Waals surface area contributed by atoms with Crippen molar-refractivity contribution in [3.05, 3.63) is 55.4 Å². The number of fused-ring (bicyclic) bond motifs is 1. The predicted molar refractivity (Wildman–Crippen MR) is 116 cm³/mol. The van der Waals surface area contributed by atoms with Crippen LogP contribution in [0.4, 0.5) is 22.0 Å². The van der Waals surface area contributed by atoms with Crippen molar-refractivity contribution in [2.45, 2.75) is 17.5 Å². The summed E-state index contributed by atoms with van der Waals surface area (Å²) in [6, 6.07) is 1.74. The van der Waals surface area contributed by atoms with Gasteiger partial charge in [-0.25, -0.2) is 18.4 Å². The third-order valence-electron chi connectivity index (χ3n) is 5.93. The van der Waals surface area contributed by atoms with Gasteiger partial charge in [-0.3, -0.25) is 13.8 Å². The van der Waals surface area contributed by atoms with Crippen LogP contribution in [0, 0.1) is 0 Å². The number of halogens is 5. The topological polar surface area (TPSA) is 103 Å². The molecular weight excluding hydrogens is 511 g/mol. The molecule has 5 rings (SSSR count). The number of nitrogens with zero attached hydrogens (tertiary/aromatic N) is 8. The second-order valence-corrected chi connectivity index (χ2v) is 10.3. The molecule has 190 valence electrons. The van der Waals surface area contributed by atoms with Crippen LogP contribution in [-0.2, 0) is 22.6 Å². The fourth-order valence-corrected chi connectivity index (χ4v) is 5.20. The van der Waals surface area contributed by atoms with Gasteiger partial charge in [0.2, 0.25) is 0 Å². The number of hydrogen-bond acceptors (Lipinski definition) is 6. The van der Waals surface area contributed by atoms with Crippen LogP contribution in [0.2, 0.25) is 0 Å². The lowest BCUT2D eigenvalue weighted by Crippen LogP contribution is -2.65. The highest BCUT2D eigenvalue weighted by Gasteiger charge is 2.58. The zero-order valence-corrected chi connectivity index (χ0v) is 19.2. The molecule has 0 atom stereocenters. The number of hydrogen-bond donors (Lipinski definition) is 0. The largest absolute Gasteiger partial charge is 0.511 e. The Morgan fingerprint density at radius 2 is 1.86 bits per heavy atom. The number of allylic oxidation sites excluding steroid dienone is 1. The van der Waals surface area contributed by atoms with Gasteiger partial charge in [-0.15, -0.1) is 0 Å². The standard InChI is InChI=1S/C20H17F5N8O2S/c1-30-9-13(7-27-30)15-6-17-26-4-5-32(17)18(29-15)14-8-28-33(10-14)19(3-2-16(21)22)11-31(12-19)36(34,35)20(23,24)25/h2,4-10H,3,11-12H2,1H3. The summed E-state index contributed by atoms with van der Waals surface area (Å²) in [5, 5.41) is 8.32. The first-order valence-electron chi connectivity index (χ1n) is 10.4. The maximum Gasteiger partial charge on any atom is 0.511 e. The summed E-state index contributed by atoms with van der Waals surface area (Å²) in [5.41, 5.74) is -4.70. The first-order chi connectivity index (χ1) is 16.9. The van der Waals surface area contributed by atoms with Crippen LogP contribution in [-0.4, -0.2) is 65.3 Å². The molecule has 0 saturated carbocycles. The molecule has 0 unspecified atom stereocenters. The Kier molecular flexibility index (Phi) is 5.47. The summed E-state index contributed by atoms with van der Waals surface area (Å²) >= 11 is 0. The second-order valence-electron chi connectivity index (χ2n) is 8.34. The van der Waals surface area contributed by atoms with E-state index in [0.29, 0.717) is 34.4 Å². The minimum Gasteiger partial charge on any atom is -0.284 e. The summed E-state index contributed by atoms with van der Waals surface area (Å²) in [4.78, 5) is 8.94. The first-order valence-corrected chi connectivity index (χ1v) is 11.8. The molecule has 0 bridgehead atoms. The van der Waals surface area contributed by atoms with Crippen LogP contribution >= 0.6 is 0 Å². The lowest BCUT2D eigenvalue weighted by atomic mass is 9.88. The third-order valence-corrected chi connectivity index (χ3v) is 7.45. The minimum atomic E-state index is -5.61. The fraction of sp³-hybridized carbons (Fsp3) is 0.300. The summed E-state index contributed by atoms with van der Waals surface area (Å²) < 4.78 is 93.0. The average Bonchev–Trinajstić information content (AvgIpc) is 3.51. The fourth-order valence-electron chi connectivity index (χ4n) is 4.09. The molecule has 1 fully saturated rings. The van der Waals surface area contributed by atoms with Crippen LogP contribution in [0.25, 0.3) is 28.3 Å². The van der Waals surface area contributed by atoms with Gasteiger partial charge in [0.1, 0.15) is 11.5 Å². The van der Waals surface area contributed by atoms with E-state index in [1.165, 1.54) is 17.1 Å². The summed E-state index contributed by atoms with van der Waals surface area (Å²) in [5.74, 6) is 0.386. The molecule has 4 aromatic rings. The molecule has 10 nitrogen and oxygen atoms in total. The van der Waals surface area contributed by atoms with Crippen molar-refractivity contribution >= 4 is 15.7 Å². The molecule has 1 saturated heterocycles. The van der Waals surface area contributed by atoms with Gasteiger partial charge in [0.05, 0.1) is 29.2 Å². The van der Waals surface area contributed by atoms with Crippen LogP contribution < -0.4 is 0 Å². The van der Waals surface area contributed by atoms with E-state index >= 15 is 0 Å². The SMILES string of the molecule is Cn1cc(-c2cc3nccn3c(-c3cnn(C4(CC=C(F)F)CN(S(=O)(=O)C(F)(F)F)C4)c3)n2)cn1. The van der Waals surface area contributed by atoms with Crippen LogP contribution in [0.15, 0.2) is 55.4 Å². The van der Waals surface area contributed by atoms with Crippen molar-refractivity contribution in [3.8, 4) is 22.6 Å². The van der Waals surface area contributed by atoms with Gasteiger partial charge in [0.15, 0.2) is 0 Å². The highest BCUT2D eigenvalue weighted by molar-refractivity contribution is 7.90. The summed E-state index contributed by atoms with van der Waals surface area (Å²) in [7, 11) is -3.86. The van der Waals surface area contributed by atoms with Gasteiger partial charge >= 0.3 is 15.5 Å². The molecule has 0 amide bonds. The maximum atomic E-state index is 13.0. The predicted octanol–water partition coefficient (Wildman–Crippen LogP) is 3.02. The highest BCUT2D eigenvalue weighted by atomic mass is 32.2. The second kappa shape index (κ2) is 8.19. The molecule has 0 radical (unpaired) electrons. The Balaban J connectivity index is 1.54. The summed E-state index contributed by atoms with van der Waals surface area (Å²) in [6.45, 7) is -1.35. The zero-order chi connectivity index (χ0) is 25.9. The molecular formula is C20H17F5N8O2S. The molecule has 16 heteroatoms. The van der Waals surface area contributed by atoms with E-state index in [0.717, 1.165) is 0 Å². The van der Waals surface area contributed by atoms with Gasteiger partial charge in [0.25, 0.3) is 6.08 Å². The quantitative estimate of drug-likeness (QED) is 0.357. The molecule has 0 N–H and O–H groups in total. The van der Waals surface area contributed by atoms with Crippen molar-refractivity contribution in [3.63, 3.8) is 0 Å². The van der Waals surface area contributed by atoms with Gasteiger partial charge in [-0.05, 0) is 12.5 Å². The maximum absolute atomic E-state index is 13.0. The van der Waals surface area contributed by atoms with Crippen LogP contribution in [0.3, 0.4) is 0 Å². The molecule has 1 aliphatic heterocycles. The molecule has 0 spiro atoms. The Labute approximate surface area is 200 Å². The minimum absolute atomic E-state index is 0.202. The number of sulfonamides is 1. The highest BCUT2D eigenvalue weighted by Crippen LogP contribution is 2.40. The Morgan fingerprint density at radius 1 is 1.14 bits per heavy atom. The first kappa shape index (κ1) is 24.1. The molecule has 1 aliphatic rings. The average molecular weight is 528 g/mol. The van der Waals surface area contributed by atoms with Crippen molar-refractivity contribution < 1.29 is 30.4 Å². The molecule has 36 heavy (non-hydrogen) atoms. The Morgan fingerprint density at radius 3 is 2.50 bits per heavy atom. The molecule has 5 heterocycles. The van der Waals surface area contributed by atoms with Crippen LogP contribution in [0.1, 0.15) is 6.42 Å². The van der Waals surface area contributed by atoms with Crippen molar-refractivity contribution in [2.75, 3.05) is 13.1 Å². The van der Waals surface area contributed by atoms with E-state index in [-0.39, 0.29) is 4.31 Å². The van der Waals surface area contributed by atoms with E-state index in [2.05, 4.69) is 20.2 Å². The van der Waals surface area contributed by atoms with E-state index in [1.807, 2.05) is 0 Å². The Hall–Kier alpha value is -3.66. The monoisotopic (exact) mass is 528 g/mol. The number of aromatic nitrogens is 7. The van der Waals surface area contributed by atoms with E-state index in [9.17, 15) is 30.4 Å². The van der Waals surface area contributed by atoms with E-state index in [1.54, 1.807) is 47.0 Å². The molecule has 4 aromatic heterocycles. The number of imidazole rings is 1. The smallest absolute Gasteiger partial charge is 0.284 e. The van der Waals surface area contributed by atoms with Gasteiger partial charge in [-0.1, -0.05) is 0 Å². The number of rotatable bonds is 6. The molecule has 0 aliphatic carbocycles. The zero-order valence-electron chi connectivity index (χ0n) is 18.4. The number of aryl methyl sites for hydroxylation is 1. The van der Waals surface area contributed by atoms with Crippen LogP contribution in [0.5, 0.6) is 0 Å². The lowest BCUT2D eigenvalue weighted by molar-refractivity contribution is -0.0567. The van der Waals surface area contributed by atoms with Gasteiger partial charge < -0.3 is 0 Å². The number of alkyl halides is 3. The Bertz CT molecular complexity index is 1580. The normalized spacial score (nSPS) is 16.3. The summed E-state index contributed by atoms with van der Waals surface area (Å²) in [6.07, 6.45) is 7.48. The van der Waals surface area contributed by atoms with E-state index in [4.69, 9.17) is 0 Å².